The van der Waals surface area contributed by atoms with Gasteiger partial charge in [0.15, 0.2) is 5.96 Å². The van der Waals surface area contributed by atoms with Crippen LogP contribution in [0.5, 0.6) is 0 Å². The van der Waals surface area contributed by atoms with E-state index in [0.29, 0.717) is 44.9 Å². The molecule has 0 aromatic carbocycles. The minimum Gasteiger partial charge on any atom is -0.480 e. The predicted octanol–water partition coefficient (Wildman–Crippen LogP) is -10.8. The Balaban J connectivity index is 1.07. The van der Waals surface area contributed by atoms with Crippen LogP contribution < -0.4 is 109 Å². The highest BCUT2D eigenvalue weighted by molar-refractivity contribution is 6.03. The van der Waals surface area contributed by atoms with E-state index in [4.69, 9.17) is 39.8 Å². The standard InChI is InChI=1S/C89H149N27O26/c1-10-44(2)66(107-74(127)54(24-15-35-97-89(95)96)105-81(134)67(49(7)117)108-72(125)47(5)99-77(130)56(42-64(94)121)106-71(124)45(3)98-73(126)55(31-32-63(93)120)102-65(122)43-92)85(138)113-38-18-26-58(113)78(131)100-46(4)70(123)103-52(22-11-13-33-90)75(128)109-68(50(8)118)86(139)114-39-19-28-60(114)83(136)112-37-17-25-57(112)79(132)101-48(6)82(135)111-36-16-27-59(111)80(133)104-53(23-12-14-34-91)76(129)110-69(51(9)119)87(140)115-40-20-29-61(115)84(137)116-41-21-30-62(116)88(141)142/h44-62,66-69,117-119H,10-43,90-92H2,1-9H3,(H2,93,120)(H2,94,121)(H,98,126)(H,99,130)(H,100,131)(H,101,132)(H,102,122)(H,103,123)(H,104,133)(H,105,134)(H,106,124)(H,107,127)(H,108,125)(H,109,128)(H,110,129)(H,141,142)(H4,95,96,97)/t44-,45-,46-,47-,48-,49+,50+,51+,52-,53-,54-,55-,56-,57-,58-,59-,60-,61-,62-,66-,67-,68-,69-/m0/s1. The highest BCUT2D eigenvalue weighted by Crippen LogP contribution is 2.31. The molecule has 6 aliphatic rings. The second-order valence-corrected chi connectivity index (χ2v) is 37.2. The molecule has 0 spiro atoms. The van der Waals surface area contributed by atoms with Crippen molar-refractivity contribution in [1.29, 1.82) is 5.41 Å². The van der Waals surface area contributed by atoms with Crippen molar-refractivity contribution in [2.45, 2.75) is 350 Å². The van der Waals surface area contributed by atoms with E-state index in [1.807, 2.05) is 0 Å². The quantitative estimate of drug-likeness (QED) is 0.0153. The first kappa shape index (κ1) is 118. The lowest BCUT2D eigenvalue weighted by Crippen LogP contribution is -2.62. The highest BCUT2D eigenvalue weighted by atomic mass is 16.4. The molecule has 6 heterocycles. The van der Waals surface area contributed by atoms with Gasteiger partial charge >= 0.3 is 5.97 Å². The van der Waals surface area contributed by atoms with Crippen molar-refractivity contribution < 1.29 is 126 Å². The number of carboxylic acids is 1. The van der Waals surface area contributed by atoms with Gasteiger partial charge in [0.1, 0.15) is 115 Å². The number of aliphatic hydroxyl groups excluding tert-OH is 3. The molecule has 6 saturated heterocycles. The lowest BCUT2D eigenvalue weighted by molar-refractivity contribution is -0.153. The molecule has 53 nitrogen and oxygen atoms in total. The summed E-state index contributed by atoms with van der Waals surface area (Å²) in [4.78, 5) is 311. The summed E-state index contributed by atoms with van der Waals surface area (Å²) in [5, 5.41) is 85.6. The van der Waals surface area contributed by atoms with Crippen LogP contribution in [0.3, 0.4) is 0 Å². The number of hydrogen-bond donors (Lipinski definition) is 25. The third-order valence-corrected chi connectivity index (χ3v) is 26.2. The van der Waals surface area contributed by atoms with Crippen molar-refractivity contribution in [2.24, 2.45) is 40.3 Å². The largest absolute Gasteiger partial charge is 0.480 e. The molecule has 0 aromatic heterocycles. The molecule has 0 saturated carbocycles. The molecular formula is C89H149N27O26. The molecule has 142 heavy (non-hydrogen) atoms. The van der Waals surface area contributed by atoms with Gasteiger partial charge in [-0.15, -0.1) is 0 Å². The lowest BCUT2D eigenvalue weighted by atomic mass is 9.96. The zero-order chi connectivity index (χ0) is 106. The number of carbonyl (C=O) groups is 22. The Morgan fingerprint density at radius 2 is 0.669 bits per heavy atom. The van der Waals surface area contributed by atoms with E-state index in [-0.39, 0.29) is 162 Å². The molecule has 6 rings (SSSR count). The van der Waals surface area contributed by atoms with Gasteiger partial charge in [-0.25, -0.2) is 4.79 Å². The second-order valence-electron chi connectivity index (χ2n) is 37.2. The Labute approximate surface area is 823 Å². The first-order chi connectivity index (χ1) is 67.0. The van der Waals surface area contributed by atoms with Crippen molar-refractivity contribution >= 4 is 136 Å². The van der Waals surface area contributed by atoms with E-state index in [1.54, 1.807) is 13.8 Å². The molecule has 53 heteroatoms. The number of carbonyl (C=O) groups excluding carboxylic acids is 21. The van der Waals surface area contributed by atoms with Crippen LogP contribution in [0, 0.1) is 11.3 Å². The molecule has 796 valence electrons. The number of nitrogens with two attached hydrogens (primary N) is 6. The number of unbranched alkanes of at least 4 members (excludes halogenated alkanes) is 2. The number of likely N-dealkylation sites (tertiary alicyclic amines) is 6. The van der Waals surface area contributed by atoms with Crippen molar-refractivity contribution in [2.75, 3.05) is 65.4 Å². The molecule has 0 bridgehead atoms. The molecule has 23 atom stereocenters. The van der Waals surface area contributed by atoms with E-state index in [9.17, 15) is 126 Å². The van der Waals surface area contributed by atoms with Crippen molar-refractivity contribution in [3.05, 3.63) is 0 Å². The Morgan fingerprint density at radius 1 is 0.338 bits per heavy atom. The molecule has 0 radical (unpaired) electrons. The summed E-state index contributed by atoms with van der Waals surface area (Å²) in [6, 6.07) is -26.8. The third-order valence-electron chi connectivity index (χ3n) is 26.2. The first-order valence-electron chi connectivity index (χ1n) is 48.8. The second kappa shape index (κ2) is 56.9. The summed E-state index contributed by atoms with van der Waals surface area (Å²) in [5.74, 6) is -20.8. The monoisotopic (exact) mass is 2010 g/mol. The van der Waals surface area contributed by atoms with Gasteiger partial charge in [0.2, 0.25) is 124 Å². The summed E-state index contributed by atoms with van der Waals surface area (Å²) in [6.07, 6.45) is -2.11. The fourth-order valence-corrected chi connectivity index (χ4v) is 18.0. The zero-order valence-corrected chi connectivity index (χ0v) is 82.2. The Morgan fingerprint density at radius 3 is 1.09 bits per heavy atom. The maximum absolute atomic E-state index is 14.9. The van der Waals surface area contributed by atoms with Gasteiger partial charge in [-0.1, -0.05) is 20.3 Å². The van der Waals surface area contributed by atoms with Gasteiger partial charge in [0, 0.05) is 52.2 Å². The summed E-state index contributed by atoms with van der Waals surface area (Å²) in [6.45, 7) is 12.1. The minimum absolute atomic E-state index is 0.0152. The average Bonchev–Trinajstić information content (AvgIpc) is 1.64. The molecule has 21 amide bonds. The Kier molecular flexibility index (Phi) is 47.3. The SMILES string of the molecule is CC[C@H](C)[C@H](NC(=O)[C@H](CCCNC(=N)N)NC(=O)[C@@H](NC(=O)[C@H](C)NC(=O)[C@H](CC(N)=O)NC(=O)[C@H](C)NC(=O)[C@H](CCC(N)=O)NC(=O)CN)[C@@H](C)O)C(=O)N1CCC[C@H]1C(=O)N[C@@H](C)C(=O)N[C@@H](CCCCN)C(=O)N[C@H](C(=O)N1CCC[C@H]1C(=O)N1CCC[C@H]1C(=O)N[C@@H](C)C(=O)N1CCC[C@H]1C(=O)N[C@@H](CCCCN)C(=O)N[C@H](C(=O)N1CCC[C@H]1C(=O)N1CCC[C@H]1C(=O)O)[C@@H](C)O)[C@@H](C)O. The zero-order valence-electron chi connectivity index (χ0n) is 82.2. The first-order valence-corrected chi connectivity index (χ1v) is 48.8. The number of nitrogens with zero attached hydrogens (tertiary/aromatic N) is 6. The van der Waals surface area contributed by atoms with Crippen LogP contribution in [0.2, 0.25) is 0 Å². The van der Waals surface area contributed by atoms with Gasteiger partial charge in [-0.05, 0) is 202 Å². The minimum atomic E-state index is -1.89. The van der Waals surface area contributed by atoms with Crippen LogP contribution in [-0.4, -0.2) is 384 Å². The fourth-order valence-electron chi connectivity index (χ4n) is 18.0. The summed E-state index contributed by atoms with van der Waals surface area (Å²) >= 11 is 0. The van der Waals surface area contributed by atoms with Gasteiger partial charge in [-0.3, -0.25) is 106 Å². The number of hydrogen-bond acceptors (Lipinski definition) is 29. The van der Waals surface area contributed by atoms with E-state index in [1.165, 1.54) is 64.0 Å². The average molecular weight is 2010 g/mol. The smallest absolute Gasteiger partial charge is 0.326 e. The predicted molar refractivity (Wildman–Crippen MR) is 505 cm³/mol. The van der Waals surface area contributed by atoms with Crippen LogP contribution in [-0.2, 0) is 105 Å². The van der Waals surface area contributed by atoms with Gasteiger partial charge in [-0.2, -0.15) is 0 Å². The van der Waals surface area contributed by atoms with E-state index >= 15 is 0 Å². The molecule has 0 unspecified atom stereocenters. The van der Waals surface area contributed by atoms with Crippen LogP contribution in [0.15, 0.2) is 0 Å². The molecule has 0 aliphatic carbocycles. The number of aliphatic hydroxyl groups is 3. The van der Waals surface area contributed by atoms with Crippen molar-refractivity contribution in [1.82, 2.24) is 104 Å². The van der Waals surface area contributed by atoms with Gasteiger partial charge < -0.3 is 159 Å². The van der Waals surface area contributed by atoms with E-state index in [2.05, 4.69) is 74.4 Å². The van der Waals surface area contributed by atoms with Crippen molar-refractivity contribution in [3.63, 3.8) is 0 Å². The molecule has 0 aromatic rings. The van der Waals surface area contributed by atoms with Crippen LogP contribution in [0.4, 0.5) is 0 Å². The Hall–Kier alpha value is -12.6. The number of rotatable bonds is 55. The molecule has 6 aliphatic heterocycles. The molecular weight excluding hydrogens is 1860 g/mol. The Bertz CT molecular complexity index is 4510. The molecule has 6 fully saturated rings. The highest BCUT2D eigenvalue weighted by Gasteiger charge is 2.50. The summed E-state index contributed by atoms with van der Waals surface area (Å²) < 4.78 is 0. The molecule has 31 N–H and O–H groups in total. The van der Waals surface area contributed by atoms with Crippen LogP contribution in [0.25, 0.3) is 0 Å². The number of primary amides is 2. The summed E-state index contributed by atoms with van der Waals surface area (Å²) in [5.41, 5.74) is 33.1. The number of carboxylic acid groups (broad SMARTS) is 1. The third kappa shape index (κ3) is 33.8. The number of amides is 21. The number of guanidine groups is 1. The van der Waals surface area contributed by atoms with E-state index in [0.717, 1.165) is 13.8 Å². The van der Waals surface area contributed by atoms with Crippen molar-refractivity contribution in [3.8, 4) is 0 Å². The van der Waals surface area contributed by atoms with Gasteiger partial charge in [0.25, 0.3) is 0 Å². The topological polar surface area (TPSA) is 824 Å². The number of nitrogens with one attached hydrogen (secondary N) is 15. The normalized spacial score (nSPS) is 21.3. The van der Waals surface area contributed by atoms with Crippen LogP contribution >= 0.6 is 0 Å². The maximum atomic E-state index is 14.9. The van der Waals surface area contributed by atoms with E-state index < -0.39 is 288 Å². The fraction of sp³-hybridized carbons (Fsp3) is 0.742. The maximum Gasteiger partial charge on any atom is 0.326 e. The number of aliphatic carboxylic acids is 1. The van der Waals surface area contributed by atoms with Crippen LogP contribution in [0.1, 0.15) is 216 Å². The lowest BCUT2D eigenvalue weighted by Gasteiger charge is -2.34. The van der Waals surface area contributed by atoms with Gasteiger partial charge in [0.05, 0.1) is 31.3 Å². The summed E-state index contributed by atoms with van der Waals surface area (Å²) in [7, 11) is 0.